The Bertz CT molecular complexity index is 1560. The first kappa shape index (κ1) is 28.0. The zero-order valence-electron chi connectivity index (χ0n) is 23.7. The summed E-state index contributed by atoms with van der Waals surface area (Å²) in [7, 11) is 0. The Morgan fingerprint density at radius 3 is 1.51 bits per heavy atom. The molecule has 5 heteroatoms. The van der Waals surface area contributed by atoms with Crippen molar-refractivity contribution in [3.8, 4) is 11.1 Å². The molecule has 5 aromatic rings. The lowest BCUT2D eigenvalue weighted by atomic mass is 9.66. The molecule has 5 aromatic carbocycles. The lowest BCUT2D eigenvalue weighted by Crippen LogP contribution is -2.43. The van der Waals surface area contributed by atoms with Crippen molar-refractivity contribution in [2.45, 2.75) is 30.2 Å². The number of rotatable bonds is 10. The highest BCUT2D eigenvalue weighted by Gasteiger charge is 2.38. The van der Waals surface area contributed by atoms with Crippen LogP contribution in [-0.4, -0.2) is 29.8 Å². The van der Waals surface area contributed by atoms with E-state index in [2.05, 4.69) is 66.0 Å². The topological polar surface area (TPSA) is 75.6 Å². The van der Waals surface area contributed by atoms with E-state index in [1.165, 1.54) is 0 Å². The van der Waals surface area contributed by atoms with E-state index >= 15 is 0 Å². The summed E-state index contributed by atoms with van der Waals surface area (Å²) >= 11 is 0. The van der Waals surface area contributed by atoms with Crippen molar-refractivity contribution < 1.29 is 19.4 Å². The number of alkyl carbamates (subject to hydrolysis) is 1. The van der Waals surface area contributed by atoms with Gasteiger partial charge in [0.2, 0.25) is 0 Å². The summed E-state index contributed by atoms with van der Waals surface area (Å²) in [5.74, 6) is -1.21. The number of amides is 1. The van der Waals surface area contributed by atoms with Crippen molar-refractivity contribution in [3.63, 3.8) is 0 Å². The molecule has 0 aromatic heterocycles. The standard InChI is InChI=1S/C38H33NO4/c40-36(41)35(39-37(42)43-26-34-32-22-12-10-20-30(32)31-21-11-13-23-33(31)34)24-25-38(27-14-4-1-5-15-27,28-16-6-2-7-17-28)29-18-8-3-9-19-29/h1-23,34-35H,24-26H2,(H,39,42)(H,40,41)/t35-/m0/s1. The molecule has 0 radical (unpaired) electrons. The molecular weight excluding hydrogens is 534 g/mol. The number of benzene rings is 5. The summed E-state index contributed by atoms with van der Waals surface area (Å²) < 4.78 is 5.69. The fourth-order valence-electron chi connectivity index (χ4n) is 6.50. The molecule has 1 aliphatic rings. The molecule has 0 unspecified atom stereocenters. The van der Waals surface area contributed by atoms with Crippen molar-refractivity contribution >= 4 is 12.1 Å². The minimum absolute atomic E-state index is 0.108. The van der Waals surface area contributed by atoms with Crippen LogP contribution < -0.4 is 5.32 Å². The number of aliphatic carboxylic acids is 1. The van der Waals surface area contributed by atoms with E-state index in [1.807, 2.05) is 78.9 Å². The molecule has 1 aliphatic carbocycles. The van der Waals surface area contributed by atoms with Gasteiger partial charge in [-0.05, 0) is 51.8 Å². The highest BCUT2D eigenvalue weighted by molar-refractivity contribution is 5.81. The van der Waals surface area contributed by atoms with E-state index in [0.717, 1.165) is 38.9 Å². The maximum Gasteiger partial charge on any atom is 0.407 e. The number of carbonyl (C=O) groups is 2. The second-order valence-electron chi connectivity index (χ2n) is 10.9. The lowest BCUT2D eigenvalue weighted by molar-refractivity contribution is -0.139. The zero-order chi connectivity index (χ0) is 29.6. The van der Waals surface area contributed by atoms with Crippen molar-refractivity contribution in [2.24, 2.45) is 0 Å². The second kappa shape index (κ2) is 12.4. The van der Waals surface area contributed by atoms with Crippen LogP contribution in [0.1, 0.15) is 46.6 Å². The number of ether oxygens (including phenoxy) is 1. The van der Waals surface area contributed by atoms with Crippen LogP contribution in [0.3, 0.4) is 0 Å². The van der Waals surface area contributed by atoms with Crippen molar-refractivity contribution in [1.29, 1.82) is 0 Å². The van der Waals surface area contributed by atoms with Gasteiger partial charge in [0.25, 0.3) is 0 Å². The SMILES string of the molecule is O=C(N[C@@H](CCC(c1ccccc1)(c1ccccc1)c1ccccc1)C(=O)O)OCC1c2ccccc2-c2ccccc21. The number of hydrogen-bond donors (Lipinski definition) is 2. The van der Waals surface area contributed by atoms with Gasteiger partial charge < -0.3 is 15.2 Å². The largest absolute Gasteiger partial charge is 0.480 e. The predicted octanol–water partition coefficient (Wildman–Crippen LogP) is 7.79. The Balaban J connectivity index is 1.23. The highest BCUT2D eigenvalue weighted by atomic mass is 16.5. The molecule has 0 fully saturated rings. The van der Waals surface area contributed by atoms with Crippen LogP contribution in [0.25, 0.3) is 11.1 Å². The van der Waals surface area contributed by atoms with E-state index in [4.69, 9.17) is 4.74 Å². The number of nitrogens with one attached hydrogen (secondary N) is 1. The molecule has 0 aliphatic heterocycles. The van der Waals surface area contributed by atoms with Gasteiger partial charge in [0.15, 0.2) is 0 Å². The quantitative estimate of drug-likeness (QED) is 0.169. The lowest BCUT2D eigenvalue weighted by Gasteiger charge is -2.37. The molecule has 6 rings (SSSR count). The van der Waals surface area contributed by atoms with E-state index in [0.29, 0.717) is 6.42 Å². The maximum atomic E-state index is 13.1. The third-order valence-corrected chi connectivity index (χ3v) is 8.54. The van der Waals surface area contributed by atoms with Gasteiger partial charge in [-0.1, -0.05) is 140 Å². The molecule has 0 saturated heterocycles. The number of carboxylic acids is 1. The molecule has 1 atom stereocenters. The Kier molecular flexibility index (Phi) is 8.05. The van der Waals surface area contributed by atoms with Crippen LogP contribution >= 0.6 is 0 Å². The summed E-state index contributed by atoms with van der Waals surface area (Å²) in [5.41, 5.74) is 7.01. The summed E-state index contributed by atoms with van der Waals surface area (Å²) in [6, 6.07) is 45.5. The van der Waals surface area contributed by atoms with Gasteiger partial charge in [-0.25, -0.2) is 9.59 Å². The molecule has 5 nitrogen and oxygen atoms in total. The van der Waals surface area contributed by atoms with E-state index < -0.39 is 23.5 Å². The smallest absolute Gasteiger partial charge is 0.407 e. The van der Waals surface area contributed by atoms with Gasteiger partial charge in [0, 0.05) is 11.3 Å². The summed E-state index contributed by atoms with van der Waals surface area (Å²) in [4.78, 5) is 25.6. The fraction of sp³-hybridized carbons (Fsp3) is 0.158. The Labute approximate surface area is 251 Å². The first-order chi connectivity index (χ1) is 21.1. The molecule has 214 valence electrons. The van der Waals surface area contributed by atoms with Gasteiger partial charge >= 0.3 is 12.1 Å². The van der Waals surface area contributed by atoms with E-state index in [9.17, 15) is 14.7 Å². The van der Waals surface area contributed by atoms with Crippen LogP contribution in [0.5, 0.6) is 0 Å². The molecule has 0 spiro atoms. The average Bonchev–Trinajstić information content (AvgIpc) is 3.38. The second-order valence-corrected chi connectivity index (χ2v) is 10.9. The first-order valence-corrected chi connectivity index (χ1v) is 14.6. The first-order valence-electron chi connectivity index (χ1n) is 14.6. The van der Waals surface area contributed by atoms with Gasteiger partial charge in [0.05, 0.1) is 0 Å². The van der Waals surface area contributed by atoms with Crippen LogP contribution in [0.2, 0.25) is 0 Å². The Morgan fingerprint density at radius 2 is 1.07 bits per heavy atom. The highest BCUT2D eigenvalue weighted by Crippen LogP contribution is 2.45. The maximum absolute atomic E-state index is 13.1. The van der Waals surface area contributed by atoms with Crippen LogP contribution in [0.15, 0.2) is 140 Å². The Hall–Kier alpha value is -5.16. The molecule has 0 bridgehead atoms. The molecule has 2 N–H and O–H groups in total. The molecular formula is C38H33NO4. The zero-order valence-corrected chi connectivity index (χ0v) is 23.7. The van der Waals surface area contributed by atoms with Gasteiger partial charge in [-0.2, -0.15) is 0 Å². The number of carboxylic acid groups (broad SMARTS) is 1. The number of fused-ring (bicyclic) bond motifs is 3. The molecule has 0 heterocycles. The van der Waals surface area contributed by atoms with Crippen molar-refractivity contribution in [1.82, 2.24) is 5.32 Å². The number of carbonyl (C=O) groups excluding carboxylic acids is 1. The third-order valence-electron chi connectivity index (χ3n) is 8.54. The predicted molar refractivity (Wildman–Crippen MR) is 168 cm³/mol. The summed E-state index contributed by atoms with van der Waals surface area (Å²) in [5, 5.41) is 12.9. The number of hydrogen-bond acceptors (Lipinski definition) is 3. The van der Waals surface area contributed by atoms with Crippen LogP contribution in [-0.2, 0) is 14.9 Å². The summed E-state index contributed by atoms with van der Waals surface area (Å²) in [6.07, 6.45) is -0.0943. The van der Waals surface area contributed by atoms with Crippen LogP contribution in [0, 0.1) is 0 Å². The fourth-order valence-corrected chi connectivity index (χ4v) is 6.50. The molecule has 43 heavy (non-hydrogen) atoms. The minimum atomic E-state index is -1.13. The Morgan fingerprint density at radius 1 is 0.651 bits per heavy atom. The third kappa shape index (κ3) is 5.54. The van der Waals surface area contributed by atoms with E-state index in [1.54, 1.807) is 0 Å². The van der Waals surface area contributed by atoms with Crippen molar-refractivity contribution in [2.75, 3.05) is 6.61 Å². The summed E-state index contributed by atoms with van der Waals surface area (Å²) in [6.45, 7) is 0.119. The van der Waals surface area contributed by atoms with Gasteiger partial charge in [-0.15, -0.1) is 0 Å². The average molecular weight is 568 g/mol. The molecule has 1 amide bonds. The molecule has 0 saturated carbocycles. The van der Waals surface area contributed by atoms with E-state index in [-0.39, 0.29) is 18.9 Å². The monoisotopic (exact) mass is 567 g/mol. The van der Waals surface area contributed by atoms with Crippen LogP contribution in [0.4, 0.5) is 4.79 Å². The normalized spacial score (nSPS) is 13.0. The minimum Gasteiger partial charge on any atom is -0.480 e. The van der Waals surface area contributed by atoms with Gasteiger partial charge in [-0.3, -0.25) is 0 Å². The van der Waals surface area contributed by atoms with Gasteiger partial charge in [0.1, 0.15) is 12.6 Å². The van der Waals surface area contributed by atoms with Crippen molar-refractivity contribution in [3.05, 3.63) is 167 Å².